The fourth-order valence-electron chi connectivity index (χ4n) is 2.59. The smallest absolute Gasteiger partial charge is 0.352 e. The lowest BCUT2D eigenvalue weighted by molar-refractivity contribution is -0.137. The molecule has 29 heavy (non-hydrogen) atoms. The molecule has 0 aliphatic carbocycles. The fourth-order valence-corrected chi connectivity index (χ4v) is 2.81. The van der Waals surface area contributed by atoms with Crippen LogP contribution in [-0.4, -0.2) is 16.0 Å². The van der Waals surface area contributed by atoms with Gasteiger partial charge in [-0.25, -0.2) is 4.98 Å². The topological polar surface area (TPSA) is 49.8 Å². The Kier molecular flexibility index (Phi) is 6.27. The van der Waals surface area contributed by atoms with E-state index in [0.29, 0.717) is 23.1 Å². The highest BCUT2D eigenvalue weighted by molar-refractivity contribution is 6.33. The van der Waals surface area contributed by atoms with Gasteiger partial charge >= 0.3 is 6.18 Å². The Bertz CT molecular complexity index is 977. The van der Waals surface area contributed by atoms with Crippen molar-refractivity contribution in [2.24, 2.45) is 0 Å². The molecule has 0 fully saturated rings. The van der Waals surface area contributed by atoms with E-state index in [4.69, 9.17) is 11.6 Å². The van der Waals surface area contributed by atoms with E-state index in [9.17, 15) is 13.2 Å². The first kappa shape index (κ1) is 20.9. The van der Waals surface area contributed by atoms with Crippen LogP contribution in [0.3, 0.4) is 0 Å². The number of aromatic nitrogens is 2. The van der Waals surface area contributed by atoms with Crippen LogP contribution in [0.5, 0.6) is 0 Å². The van der Waals surface area contributed by atoms with E-state index >= 15 is 0 Å². The molecule has 0 amide bonds. The molecule has 152 valence electrons. The quantitative estimate of drug-likeness (QED) is 0.462. The summed E-state index contributed by atoms with van der Waals surface area (Å²) in [6.45, 7) is 4.05. The zero-order valence-electron chi connectivity index (χ0n) is 15.9. The van der Waals surface area contributed by atoms with Gasteiger partial charge < -0.3 is 10.6 Å². The summed E-state index contributed by atoms with van der Waals surface area (Å²) in [5.41, 5.74) is 1.09. The molecule has 0 saturated heterocycles. The molecule has 4 nitrogen and oxygen atoms in total. The van der Waals surface area contributed by atoms with Crippen molar-refractivity contribution in [3.05, 3.63) is 65.2 Å². The number of anilines is 3. The van der Waals surface area contributed by atoms with Gasteiger partial charge in [0, 0.05) is 17.7 Å². The monoisotopic (exact) mass is 420 g/mol. The third kappa shape index (κ3) is 5.38. The van der Waals surface area contributed by atoms with Crippen LogP contribution in [0.1, 0.15) is 25.8 Å². The molecule has 0 aliphatic rings. The highest BCUT2D eigenvalue weighted by Crippen LogP contribution is 2.35. The number of hydrogen-bond donors (Lipinski definition) is 2. The predicted molar refractivity (Wildman–Crippen MR) is 111 cm³/mol. The molecule has 0 bridgehead atoms. The van der Waals surface area contributed by atoms with Crippen molar-refractivity contribution >= 4 is 29.1 Å². The number of hydrogen-bond acceptors (Lipinski definition) is 4. The van der Waals surface area contributed by atoms with Crippen LogP contribution in [0.25, 0.3) is 11.3 Å². The molecule has 1 heterocycles. The van der Waals surface area contributed by atoms with Crippen LogP contribution in [0, 0.1) is 0 Å². The van der Waals surface area contributed by atoms with Gasteiger partial charge in [-0.3, -0.25) is 0 Å². The number of nitrogens with zero attached hydrogens (tertiary/aromatic N) is 2. The van der Waals surface area contributed by atoms with Gasteiger partial charge in [0.15, 0.2) is 0 Å². The Hall–Kier alpha value is -2.80. The van der Waals surface area contributed by atoms with E-state index in [0.717, 1.165) is 24.1 Å². The lowest BCUT2D eigenvalue weighted by Crippen LogP contribution is -2.16. The van der Waals surface area contributed by atoms with Gasteiger partial charge in [0.25, 0.3) is 0 Å². The molecule has 3 aromatic rings. The molecular weight excluding hydrogens is 401 g/mol. The summed E-state index contributed by atoms with van der Waals surface area (Å²) in [6, 6.07) is 14.6. The average molecular weight is 421 g/mol. The first-order chi connectivity index (χ1) is 13.8. The Morgan fingerprint density at radius 1 is 1.03 bits per heavy atom. The Morgan fingerprint density at radius 2 is 1.76 bits per heavy atom. The summed E-state index contributed by atoms with van der Waals surface area (Å²) in [5.74, 6) is 0.845. The van der Waals surface area contributed by atoms with Gasteiger partial charge in [0.2, 0.25) is 5.95 Å². The third-order valence-electron chi connectivity index (χ3n) is 4.34. The Balaban J connectivity index is 1.97. The van der Waals surface area contributed by atoms with Crippen molar-refractivity contribution in [2.75, 3.05) is 10.6 Å². The normalized spacial score (nSPS) is 12.5. The van der Waals surface area contributed by atoms with Gasteiger partial charge in [-0.15, -0.1) is 0 Å². The fraction of sp³-hybridized carbons (Fsp3) is 0.238. The molecule has 1 aromatic heterocycles. The minimum atomic E-state index is -4.45. The minimum absolute atomic E-state index is 0.0452. The highest BCUT2D eigenvalue weighted by Gasteiger charge is 2.30. The number of benzene rings is 2. The second-order valence-corrected chi connectivity index (χ2v) is 7.01. The van der Waals surface area contributed by atoms with Crippen LogP contribution < -0.4 is 10.6 Å². The predicted octanol–water partition coefficient (Wildman–Crippen LogP) is 6.77. The van der Waals surface area contributed by atoms with Crippen molar-refractivity contribution in [1.29, 1.82) is 0 Å². The summed E-state index contributed by atoms with van der Waals surface area (Å²) >= 11 is 6.07. The van der Waals surface area contributed by atoms with Crippen LogP contribution >= 0.6 is 11.6 Å². The maximum atomic E-state index is 12.9. The van der Waals surface area contributed by atoms with Gasteiger partial charge in [-0.05, 0) is 31.5 Å². The maximum absolute atomic E-state index is 12.9. The standard InChI is InChI=1S/C21H20ClF3N4/c1-3-13(2)26-20-28-18(14-7-5-4-6-8-14)12-19(29-20)27-17-10-9-15(11-16(17)22)21(23,24)25/h4-13H,3H2,1-2H3,(H2,26,27,28,29)/t13-/m0/s1. The summed E-state index contributed by atoms with van der Waals surface area (Å²) in [6.07, 6.45) is -3.57. The second-order valence-electron chi connectivity index (χ2n) is 6.60. The SMILES string of the molecule is CC[C@H](C)Nc1nc(Nc2ccc(C(F)(F)F)cc2Cl)cc(-c2ccccc2)n1. The Labute approximate surface area is 172 Å². The molecule has 0 spiro atoms. The van der Waals surface area contributed by atoms with E-state index in [2.05, 4.69) is 20.6 Å². The molecule has 2 aromatic carbocycles. The molecule has 2 N–H and O–H groups in total. The number of halogens is 4. The number of nitrogens with one attached hydrogen (secondary N) is 2. The minimum Gasteiger partial charge on any atom is -0.352 e. The molecular formula is C21H20ClF3N4. The molecule has 0 aliphatic heterocycles. The van der Waals surface area contributed by atoms with Crippen molar-refractivity contribution in [2.45, 2.75) is 32.5 Å². The van der Waals surface area contributed by atoms with Crippen molar-refractivity contribution in [3.8, 4) is 11.3 Å². The van der Waals surface area contributed by atoms with Gasteiger partial charge in [-0.2, -0.15) is 18.2 Å². The first-order valence-corrected chi connectivity index (χ1v) is 9.49. The summed E-state index contributed by atoms with van der Waals surface area (Å²) in [5, 5.41) is 6.18. The van der Waals surface area contributed by atoms with Crippen molar-refractivity contribution < 1.29 is 13.2 Å². The molecule has 0 radical (unpaired) electrons. The van der Waals surface area contributed by atoms with Crippen LogP contribution in [0.4, 0.5) is 30.6 Å². The average Bonchev–Trinajstić information content (AvgIpc) is 2.69. The van der Waals surface area contributed by atoms with Gasteiger partial charge in [0.05, 0.1) is 22.0 Å². The lowest BCUT2D eigenvalue weighted by Gasteiger charge is -2.15. The van der Waals surface area contributed by atoms with E-state index in [1.807, 2.05) is 44.2 Å². The molecule has 1 atom stereocenters. The third-order valence-corrected chi connectivity index (χ3v) is 4.66. The second kappa shape index (κ2) is 8.69. The molecule has 8 heteroatoms. The first-order valence-electron chi connectivity index (χ1n) is 9.11. The molecule has 0 saturated carbocycles. The van der Waals surface area contributed by atoms with Gasteiger partial charge in [-0.1, -0.05) is 48.9 Å². The van der Waals surface area contributed by atoms with Crippen molar-refractivity contribution in [3.63, 3.8) is 0 Å². The van der Waals surface area contributed by atoms with Crippen molar-refractivity contribution in [1.82, 2.24) is 9.97 Å². The number of rotatable bonds is 6. The lowest BCUT2D eigenvalue weighted by atomic mass is 10.1. The van der Waals surface area contributed by atoms with Crippen LogP contribution in [-0.2, 0) is 6.18 Å². The number of alkyl halides is 3. The van der Waals surface area contributed by atoms with Crippen LogP contribution in [0.2, 0.25) is 5.02 Å². The van der Waals surface area contributed by atoms with Crippen LogP contribution in [0.15, 0.2) is 54.6 Å². The summed E-state index contributed by atoms with van der Waals surface area (Å²) in [7, 11) is 0. The van der Waals surface area contributed by atoms with E-state index in [1.54, 1.807) is 6.07 Å². The molecule has 0 unspecified atom stereocenters. The summed E-state index contributed by atoms with van der Waals surface area (Å²) in [4.78, 5) is 9.00. The summed E-state index contributed by atoms with van der Waals surface area (Å²) < 4.78 is 38.6. The van der Waals surface area contributed by atoms with E-state index in [-0.39, 0.29) is 11.1 Å². The largest absolute Gasteiger partial charge is 0.416 e. The zero-order chi connectivity index (χ0) is 21.0. The highest BCUT2D eigenvalue weighted by atomic mass is 35.5. The maximum Gasteiger partial charge on any atom is 0.416 e. The van der Waals surface area contributed by atoms with E-state index in [1.165, 1.54) is 6.07 Å². The zero-order valence-corrected chi connectivity index (χ0v) is 16.6. The van der Waals surface area contributed by atoms with E-state index < -0.39 is 11.7 Å². The molecule has 3 rings (SSSR count). The van der Waals surface area contributed by atoms with Gasteiger partial charge in [0.1, 0.15) is 5.82 Å². The Morgan fingerprint density at radius 3 is 2.38 bits per heavy atom.